The quantitative estimate of drug-likeness (QED) is 0.421. The van der Waals surface area contributed by atoms with Crippen molar-refractivity contribution in [2.45, 2.75) is 57.5 Å². The van der Waals surface area contributed by atoms with Crippen molar-refractivity contribution < 1.29 is 17.6 Å². The van der Waals surface area contributed by atoms with Gasteiger partial charge in [-0.2, -0.15) is 5.26 Å². The molecule has 232 valence electrons. The molecule has 12 heteroatoms. The standard InChI is InChI=1S/C32H38FN7O3S/c1-20-16-27(32(41)40-15-14-39(19-21(40)2)31-29(44(35,42)43)6-5-11-36-31)23(4)30(22(20)3)37-26-9-12-38(13-10-26)28-8-7-25(33)17-24(28)18-34/h5-8,11,16-17,21,26,37H,9-10,12-15,19H2,1-4H3,(H2,35,42,43). The van der Waals surface area contributed by atoms with Crippen LogP contribution in [0.2, 0.25) is 0 Å². The molecule has 1 aromatic heterocycles. The summed E-state index contributed by atoms with van der Waals surface area (Å²) in [6, 6.07) is 11.4. The van der Waals surface area contributed by atoms with E-state index in [1.54, 1.807) is 12.1 Å². The first-order valence-electron chi connectivity index (χ1n) is 14.7. The largest absolute Gasteiger partial charge is 0.382 e. The number of piperazine rings is 1. The Labute approximate surface area is 258 Å². The molecule has 5 rings (SSSR count). The third kappa shape index (κ3) is 6.21. The lowest BCUT2D eigenvalue weighted by molar-refractivity contribution is 0.0672. The highest BCUT2D eigenvalue weighted by molar-refractivity contribution is 7.89. The van der Waals surface area contributed by atoms with Crippen molar-refractivity contribution in [1.82, 2.24) is 9.88 Å². The van der Waals surface area contributed by atoms with Crippen molar-refractivity contribution in [3.63, 3.8) is 0 Å². The van der Waals surface area contributed by atoms with Crippen LogP contribution >= 0.6 is 0 Å². The number of aryl methyl sites for hydroxylation is 1. The maximum atomic E-state index is 14.0. The second kappa shape index (κ2) is 12.4. The number of hydrogen-bond acceptors (Lipinski definition) is 8. The molecular weight excluding hydrogens is 581 g/mol. The zero-order valence-corrected chi connectivity index (χ0v) is 26.3. The van der Waals surface area contributed by atoms with Crippen LogP contribution in [-0.4, -0.2) is 69.0 Å². The smallest absolute Gasteiger partial charge is 0.254 e. The number of anilines is 3. The third-order valence-corrected chi connectivity index (χ3v) is 9.78. The number of nitrogens with one attached hydrogen (secondary N) is 1. The van der Waals surface area contributed by atoms with Gasteiger partial charge in [0.2, 0.25) is 10.0 Å². The summed E-state index contributed by atoms with van der Waals surface area (Å²) in [5.74, 6) is -0.181. The van der Waals surface area contributed by atoms with Gasteiger partial charge < -0.3 is 20.0 Å². The van der Waals surface area contributed by atoms with E-state index in [-0.39, 0.29) is 22.9 Å². The molecule has 44 heavy (non-hydrogen) atoms. The fourth-order valence-corrected chi connectivity index (χ4v) is 6.98. The van der Waals surface area contributed by atoms with Gasteiger partial charge in [0, 0.05) is 62.3 Å². The molecule has 3 heterocycles. The maximum absolute atomic E-state index is 14.0. The van der Waals surface area contributed by atoms with Gasteiger partial charge in [0.1, 0.15) is 22.6 Å². The molecule has 2 fully saturated rings. The van der Waals surface area contributed by atoms with Gasteiger partial charge in [-0.05, 0) is 93.6 Å². The number of carbonyl (C=O) groups is 1. The fraction of sp³-hybridized carbons (Fsp3) is 0.406. The molecule has 1 unspecified atom stereocenters. The van der Waals surface area contributed by atoms with Gasteiger partial charge in [-0.1, -0.05) is 0 Å². The topological polar surface area (TPSA) is 136 Å². The Morgan fingerprint density at radius 2 is 1.80 bits per heavy atom. The number of rotatable bonds is 6. The number of sulfonamides is 1. The van der Waals surface area contributed by atoms with Crippen molar-refractivity contribution in [2.75, 3.05) is 47.8 Å². The molecule has 2 aromatic carbocycles. The SMILES string of the molecule is Cc1cc(C(=O)N2CCN(c3ncccc3S(N)(=O)=O)CC2C)c(C)c(NC2CCN(c3ccc(F)cc3C#N)CC2)c1C. The van der Waals surface area contributed by atoms with Crippen molar-refractivity contribution in [2.24, 2.45) is 5.14 Å². The average molecular weight is 620 g/mol. The number of hydrogen-bond donors (Lipinski definition) is 2. The molecule has 0 aliphatic carbocycles. The van der Waals surface area contributed by atoms with Crippen LogP contribution in [0.4, 0.5) is 21.6 Å². The summed E-state index contributed by atoms with van der Waals surface area (Å²) in [5.41, 5.74) is 5.69. The van der Waals surface area contributed by atoms with Gasteiger partial charge in [-0.3, -0.25) is 4.79 Å². The molecule has 3 aromatic rings. The normalized spacial score (nSPS) is 17.8. The number of benzene rings is 2. The third-order valence-electron chi connectivity index (χ3n) is 8.85. The Bertz CT molecular complexity index is 1730. The van der Waals surface area contributed by atoms with Crippen LogP contribution in [0.15, 0.2) is 47.5 Å². The summed E-state index contributed by atoms with van der Waals surface area (Å²) in [6.07, 6.45) is 3.19. The average Bonchev–Trinajstić information content (AvgIpc) is 3.00. The molecule has 0 radical (unpaired) electrons. The number of halogens is 1. The van der Waals surface area contributed by atoms with Crippen LogP contribution in [0, 0.1) is 37.9 Å². The predicted molar refractivity (Wildman–Crippen MR) is 169 cm³/mol. The minimum atomic E-state index is -3.95. The van der Waals surface area contributed by atoms with E-state index in [2.05, 4.69) is 28.2 Å². The second-order valence-corrected chi connectivity index (χ2v) is 13.2. The van der Waals surface area contributed by atoms with Crippen LogP contribution < -0.4 is 20.3 Å². The molecule has 0 bridgehead atoms. The molecule has 2 saturated heterocycles. The minimum absolute atomic E-state index is 0.0262. The monoisotopic (exact) mass is 619 g/mol. The maximum Gasteiger partial charge on any atom is 0.254 e. The van der Waals surface area contributed by atoms with E-state index in [9.17, 15) is 22.9 Å². The van der Waals surface area contributed by atoms with E-state index in [4.69, 9.17) is 5.14 Å². The Hall–Kier alpha value is -4.21. The van der Waals surface area contributed by atoms with Gasteiger partial charge in [0.05, 0.1) is 11.3 Å². The zero-order valence-electron chi connectivity index (χ0n) is 25.5. The highest BCUT2D eigenvalue weighted by Gasteiger charge is 2.32. The fourth-order valence-electron chi connectivity index (χ4n) is 6.28. The lowest BCUT2D eigenvalue weighted by Crippen LogP contribution is -2.54. The Balaban J connectivity index is 1.30. The molecule has 3 N–H and O–H groups in total. The molecule has 1 atom stereocenters. The van der Waals surface area contributed by atoms with Crippen molar-refractivity contribution >= 4 is 33.1 Å². The van der Waals surface area contributed by atoms with Crippen LogP contribution in [-0.2, 0) is 10.0 Å². The van der Waals surface area contributed by atoms with Crippen molar-refractivity contribution in [3.8, 4) is 6.07 Å². The number of carbonyl (C=O) groups excluding carboxylic acids is 1. The van der Waals surface area contributed by atoms with E-state index in [1.807, 2.05) is 36.6 Å². The Kier molecular flexibility index (Phi) is 8.81. The van der Waals surface area contributed by atoms with Crippen LogP contribution in [0.5, 0.6) is 0 Å². The molecule has 2 aliphatic rings. The number of aromatic nitrogens is 1. The molecule has 0 saturated carbocycles. The molecular formula is C32H38FN7O3S. The number of piperidine rings is 1. The van der Waals surface area contributed by atoms with Gasteiger partial charge >= 0.3 is 0 Å². The van der Waals surface area contributed by atoms with Gasteiger partial charge in [0.25, 0.3) is 5.91 Å². The van der Waals surface area contributed by atoms with E-state index in [0.717, 1.165) is 54.0 Å². The number of pyridine rings is 1. The van der Waals surface area contributed by atoms with Crippen molar-refractivity contribution in [1.29, 1.82) is 5.26 Å². The van der Waals surface area contributed by atoms with Crippen molar-refractivity contribution in [3.05, 3.63) is 76.2 Å². The highest BCUT2D eigenvalue weighted by Crippen LogP contribution is 2.32. The molecule has 1 amide bonds. The summed E-state index contributed by atoms with van der Waals surface area (Å²) in [5, 5.41) is 18.6. The van der Waals surface area contributed by atoms with E-state index in [1.165, 1.54) is 24.4 Å². The summed E-state index contributed by atoms with van der Waals surface area (Å²) in [6.45, 7) is 10.7. The summed E-state index contributed by atoms with van der Waals surface area (Å²) in [4.78, 5) is 24.1. The first-order chi connectivity index (χ1) is 20.9. The second-order valence-electron chi connectivity index (χ2n) is 11.7. The summed E-state index contributed by atoms with van der Waals surface area (Å²) >= 11 is 0. The molecule has 10 nitrogen and oxygen atoms in total. The van der Waals surface area contributed by atoms with E-state index in [0.29, 0.717) is 36.6 Å². The predicted octanol–water partition coefficient (Wildman–Crippen LogP) is 4.10. The van der Waals surface area contributed by atoms with E-state index >= 15 is 0 Å². The number of nitrogens with zero attached hydrogens (tertiary/aromatic N) is 5. The van der Waals surface area contributed by atoms with Gasteiger partial charge in [-0.15, -0.1) is 0 Å². The van der Waals surface area contributed by atoms with Crippen LogP contribution in [0.3, 0.4) is 0 Å². The number of amides is 1. The van der Waals surface area contributed by atoms with Gasteiger partial charge in [-0.25, -0.2) is 22.9 Å². The molecule has 2 aliphatic heterocycles. The first-order valence-corrected chi connectivity index (χ1v) is 16.3. The van der Waals surface area contributed by atoms with Crippen LogP contribution in [0.1, 0.15) is 52.4 Å². The number of nitrogens with two attached hydrogens (primary N) is 1. The lowest BCUT2D eigenvalue weighted by atomic mass is 9.94. The summed E-state index contributed by atoms with van der Waals surface area (Å²) in [7, 11) is -3.95. The minimum Gasteiger partial charge on any atom is -0.382 e. The Morgan fingerprint density at radius 3 is 2.45 bits per heavy atom. The lowest BCUT2D eigenvalue weighted by Gasteiger charge is -2.41. The Morgan fingerprint density at radius 1 is 1.07 bits per heavy atom. The van der Waals surface area contributed by atoms with Crippen LogP contribution in [0.25, 0.3) is 0 Å². The van der Waals surface area contributed by atoms with Gasteiger partial charge in [0.15, 0.2) is 0 Å². The van der Waals surface area contributed by atoms with E-state index < -0.39 is 15.8 Å². The number of primary sulfonamides is 1. The molecule has 0 spiro atoms. The number of nitriles is 1. The first kappa shape index (κ1) is 31.2. The highest BCUT2D eigenvalue weighted by atomic mass is 32.2. The zero-order chi connectivity index (χ0) is 31.8. The summed E-state index contributed by atoms with van der Waals surface area (Å²) < 4.78 is 37.9.